The molecule has 6 heteroatoms. The number of carbonyl (C=O) groups is 1. The Balaban J connectivity index is 1.96. The largest absolute Gasteiger partial charge is 0.308 e. The van der Waals surface area contributed by atoms with Crippen molar-refractivity contribution < 1.29 is 13.2 Å². The summed E-state index contributed by atoms with van der Waals surface area (Å²) in [7, 11) is -2.97. The molecule has 1 aromatic carbocycles. The molecule has 2 saturated heterocycles. The van der Waals surface area contributed by atoms with Crippen molar-refractivity contribution in [2.24, 2.45) is 5.92 Å². The Morgan fingerprint density at radius 2 is 1.83 bits per heavy atom. The minimum atomic E-state index is -2.97. The number of benzene rings is 1. The molecule has 18 heavy (non-hydrogen) atoms. The van der Waals surface area contributed by atoms with Gasteiger partial charge >= 0.3 is 0 Å². The molecule has 2 fully saturated rings. The Hall–Kier alpha value is -0.630. The molecule has 0 radical (unpaired) electrons. The van der Waals surface area contributed by atoms with E-state index in [9.17, 15) is 13.2 Å². The van der Waals surface area contributed by atoms with Crippen molar-refractivity contribution in [1.82, 2.24) is 0 Å². The van der Waals surface area contributed by atoms with Gasteiger partial charge in [0.25, 0.3) is 0 Å². The van der Waals surface area contributed by atoms with E-state index in [-0.39, 0.29) is 29.4 Å². The van der Waals surface area contributed by atoms with Crippen molar-refractivity contribution in [3.05, 3.63) is 27.8 Å². The number of hydrogen-bond acceptors (Lipinski definition) is 3. The van der Waals surface area contributed by atoms with E-state index in [0.29, 0.717) is 6.42 Å². The molecule has 3 rings (SSSR count). The van der Waals surface area contributed by atoms with Crippen molar-refractivity contribution in [1.29, 1.82) is 0 Å². The Morgan fingerprint density at radius 3 is 2.50 bits per heavy atom. The van der Waals surface area contributed by atoms with Crippen LogP contribution in [0.5, 0.6) is 0 Å². The molecular formula is C12H12INO3S. The lowest BCUT2D eigenvalue weighted by Crippen LogP contribution is -2.36. The highest BCUT2D eigenvalue weighted by molar-refractivity contribution is 14.1. The molecule has 0 spiro atoms. The average Bonchev–Trinajstić information content (AvgIpc) is 2.70. The molecule has 0 aromatic heterocycles. The summed E-state index contributed by atoms with van der Waals surface area (Å²) >= 11 is 2.20. The topological polar surface area (TPSA) is 54.5 Å². The Bertz CT molecular complexity index is 596. The van der Waals surface area contributed by atoms with Crippen molar-refractivity contribution >= 4 is 44.0 Å². The van der Waals surface area contributed by atoms with Crippen LogP contribution < -0.4 is 4.90 Å². The van der Waals surface area contributed by atoms with Gasteiger partial charge in [0.2, 0.25) is 5.91 Å². The fourth-order valence-electron chi connectivity index (χ4n) is 2.83. The minimum Gasteiger partial charge on any atom is -0.308 e. The van der Waals surface area contributed by atoms with E-state index < -0.39 is 9.84 Å². The number of amides is 1. The van der Waals surface area contributed by atoms with E-state index in [1.807, 2.05) is 24.3 Å². The first-order valence-corrected chi connectivity index (χ1v) is 8.64. The van der Waals surface area contributed by atoms with Crippen LogP contribution in [-0.4, -0.2) is 31.9 Å². The second-order valence-corrected chi connectivity index (χ2v) is 8.25. The average molecular weight is 377 g/mol. The number of halogens is 1. The number of rotatable bonds is 1. The van der Waals surface area contributed by atoms with Gasteiger partial charge in [-0.25, -0.2) is 8.42 Å². The van der Waals surface area contributed by atoms with Gasteiger partial charge in [-0.15, -0.1) is 0 Å². The fourth-order valence-corrected chi connectivity index (χ4v) is 5.26. The van der Waals surface area contributed by atoms with Gasteiger partial charge in [-0.1, -0.05) is 0 Å². The lowest BCUT2D eigenvalue weighted by atomic mass is 10.1. The van der Waals surface area contributed by atoms with Crippen LogP contribution in [0, 0.1) is 9.49 Å². The first-order chi connectivity index (χ1) is 8.46. The van der Waals surface area contributed by atoms with Crippen molar-refractivity contribution in [3.63, 3.8) is 0 Å². The van der Waals surface area contributed by atoms with E-state index in [1.54, 1.807) is 4.90 Å². The van der Waals surface area contributed by atoms with E-state index in [0.717, 1.165) is 9.26 Å². The van der Waals surface area contributed by atoms with Crippen LogP contribution in [0.2, 0.25) is 0 Å². The molecule has 0 saturated carbocycles. The number of hydrogen-bond donors (Lipinski definition) is 0. The fraction of sp³-hybridized carbons (Fsp3) is 0.417. The molecule has 0 unspecified atom stereocenters. The normalized spacial score (nSPS) is 29.6. The third-order valence-electron chi connectivity index (χ3n) is 3.58. The van der Waals surface area contributed by atoms with Crippen molar-refractivity contribution in [2.45, 2.75) is 12.5 Å². The maximum atomic E-state index is 12.0. The third kappa shape index (κ3) is 2.05. The zero-order chi connectivity index (χ0) is 12.9. The van der Waals surface area contributed by atoms with Crippen LogP contribution in [-0.2, 0) is 14.6 Å². The molecule has 2 heterocycles. The quantitative estimate of drug-likeness (QED) is 0.697. The molecule has 0 aliphatic carbocycles. The molecule has 2 aliphatic heterocycles. The van der Waals surface area contributed by atoms with Crippen LogP contribution in [0.3, 0.4) is 0 Å². The predicted molar refractivity (Wildman–Crippen MR) is 77.2 cm³/mol. The lowest BCUT2D eigenvalue weighted by molar-refractivity contribution is -0.117. The van der Waals surface area contributed by atoms with E-state index >= 15 is 0 Å². The van der Waals surface area contributed by atoms with Gasteiger partial charge in [-0.2, -0.15) is 0 Å². The molecule has 1 aromatic rings. The summed E-state index contributed by atoms with van der Waals surface area (Å²) in [5, 5.41) is 0. The maximum absolute atomic E-state index is 12.0. The standard InChI is InChI=1S/C12H12INO3S/c13-9-1-3-10(4-2-9)14-11-7-18(16,17)6-8(11)5-12(14)15/h1-4,8,11H,5-7H2/t8-,11-/m1/s1. The van der Waals surface area contributed by atoms with E-state index in [2.05, 4.69) is 22.6 Å². The smallest absolute Gasteiger partial charge is 0.227 e. The molecule has 4 nitrogen and oxygen atoms in total. The van der Waals surface area contributed by atoms with Gasteiger partial charge in [0.05, 0.1) is 17.5 Å². The van der Waals surface area contributed by atoms with Gasteiger partial charge in [0, 0.05) is 21.6 Å². The van der Waals surface area contributed by atoms with Crippen LogP contribution in [0.1, 0.15) is 6.42 Å². The Labute approximate surface area is 119 Å². The van der Waals surface area contributed by atoms with Crippen LogP contribution in [0.15, 0.2) is 24.3 Å². The summed E-state index contributed by atoms with van der Waals surface area (Å²) in [5.74, 6) is 0.280. The zero-order valence-corrected chi connectivity index (χ0v) is 12.5. The highest BCUT2D eigenvalue weighted by Gasteiger charge is 2.49. The first-order valence-electron chi connectivity index (χ1n) is 5.74. The molecule has 0 N–H and O–H groups in total. The molecule has 2 atom stereocenters. The predicted octanol–water partition coefficient (Wildman–Crippen LogP) is 1.44. The molecule has 1 amide bonds. The minimum absolute atomic E-state index is 0.0261. The lowest BCUT2D eigenvalue weighted by Gasteiger charge is -2.23. The number of carbonyl (C=O) groups excluding carboxylic acids is 1. The van der Waals surface area contributed by atoms with Crippen molar-refractivity contribution in [3.8, 4) is 0 Å². The van der Waals surface area contributed by atoms with Crippen LogP contribution >= 0.6 is 22.6 Å². The maximum Gasteiger partial charge on any atom is 0.227 e. The summed E-state index contributed by atoms with van der Waals surface area (Å²) in [5.41, 5.74) is 0.810. The molecule has 2 aliphatic rings. The second-order valence-electron chi connectivity index (χ2n) is 4.85. The SMILES string of the molecule is O=C1C[C@@H]2CS(=O)(=O)C[C@H]2N1c1ccc(I)cc1. The number of anilines is 1. The summed E-state index contributed by atoms with van der Waals surface area (Å²) in [6.45, 7) is 0. The molecular weight excluding hydrogens is 365 g/mol. The van der Waals surface area contributed by atoms with Crippen molar-refractivity contribution in [2.75, 3.05) is 16.4 Å². The van der Waals surface area contributed by atoms with Gasteiger partial charge in [0.15, 0.2) is 9.84 Å². The number of nitrogens with zero attached hydrogens (tertiary/aromatic N) is 1. The first kappa shape index (κ1) is 12.4. The van der Waals surface area contributed by atoms with E-state index in [4.69, 9.17) is 0 Å². The van der Waals surface area contributed by atoms with Crippen LogP contribution in [0.4, 0.5) is 5.69 Å². The Morgan fingerprint density at radius 1 is 1.17 bits per heavy atom. The van der Waals surface area contributed by atoms with Gasteiger partial charge in [0.1, 0.15) is 0 Å². The summed E-state index contributed by atoms with van der Waals surface area (Å²) < 4.78 is 24.4. The molecule has 96 valence electrons. The van der Waals surface area contributed by atoms with Crippen LogP contribution in [0.25, 0.3) is 0 Å². The van der Waals surface area contributed by atoms with Gasteiger partial charge in [-0.05, 0) is 46.9 Å². The highest BCUT2D eigenvalue weighted by Crippen LogP contribution is 2.37. The monoisotopic (exact) mass is 377 g/mol. The number of fused-ring (bicyclic) bond motifs is 1. The van der Waals surface area contributed by atoms with Gasteiger partial charge in [-0.3, -0.25) is 4.79 Å². The van der Waals surface area contributed by atoms with Gasteiger partial charge < -0.3 is 4.90 Å². The second kappa shape index (κ2) is 4.19. The molecule has 0 bridgehead atoms. The highest BCUT2D eigenvalue weighted by atomic mass is 127. The summed E-state index contributed by atoms with van der Waals surface area (Å²) in [6, 6.07) is 7.46. The third-order valence-corrected chi connectivity index (χ3v) is 6.08. The summed E-state index contributed by atoms with van der Waals surface area (Å²) in [6.07, 6.45) is 0.357. The zero-order valence-electron chi connectivity index (χ0n) is 9.54. The number of sulfone groups is 1. The van der Waals surface area contributed by atoms with E-state index in [1.165, 1.54) is 0 Å². The summed E-state index contributed by atoms with van der Waals surface area (Å²) in [4.78, 5) is 13.7. The Kier molecular flexibility index (Phi) is 2.89.